The Morgan fingerprint density at radius 2 is 0.950 bits per heavy atom. The summed E-state index contributed by atoms with van der Waals surface area (Å²) in [7, 11) is -8.64. The molecule has 0 saturated carbocycles. The van der Waals surface area contributed by atoms with E-state index in [4.69, 9.17) is 17.9 Å². The lowest BCUT2D eigenvalue weighted by Gasteiger charge is -1.99. The Bertz CT molecular complexity index is 1680. The van der Waals surface area contributed by atoms with Gasteiger partial charge in [0.15, 0.2) is 0 Å². The van der Waals surface area contributed by atoms with Crippen LogP contribution in [-0.4, -0.2) is 50.2 Å². The summed E-state index contributed by atoms with van der Waals surface area (Å²) < 4.78 is 73.6. The third-order valence-corrected chi connectivity index (χ3v) is 6.78. The molecular weight excluding hydrogens is 568 g/mol. The Kier molecular flexibility index (Phi) is 8.05. The quantitative estimate of drug-likeness (QED) is 0.102. The Morgan fingerprint density at radius 3 is 1.27 bits per heavy atom. The van der Waals surface area contributed by atoms with E-state index in [1.165, 1.54) is 60.7 Å². The number of furan rings is 2. The number of rotatable bonds is 8. The van der Waals surface area contributed by atoms with Gasteiger partial charge in [0.2, 0.25) is 0 Å². The molecule has 0 aliphatic heterocycles. The molecule has 0 radical (unpaired) electrons. The van der Waals surface area contributed by atoms with Crippen LogP contribution < -0.4 is 10.9 Å². The van der Waals surface area contributed by atoms with Crippen LogP contribution in [0, 0.1) is 0 Å². The van der Waals surface area contributed by atoms with E-state index in [2.05, 4.69) is 10.2 Å². The van der Waals surface area contributed by atoms with Crippen molar-refractivity contribution in [3.63, 3.8) is 0 Å². The van der Waals surface area contributed by atoms with E-state index in [0.717, 1.165) is 12.4 Å². The minimum atomic E-state index is -4.32. The maximum absolute atomic E-state index is 11.9. The predicted molar refractivity (Wildman–Crippen MR) is 139 cm³/mol. The highest BCUT2D eigenvalue weighted by atomic mass is 32.2. The molecule has 4 rings (SSSR count). The molecule has 4 aromatic rings. The van der Waals surface area contributed by atoms with Crippen molar-refractivity contribution in [2.45, 2.75) is 9.79 Å². The number of hydrazone groups is 2. The highest BCUT2D eigenvalue weighted by molar-refractivity contribution is 7.86. The van der Waals surface area contributed by atoms with Crippen LogP contribution in [0.4, 0.5) is 0 Å². The van der Waals surface area contributed by atoms with Crippen molar-refractivity contribution in [1.29, 1.82) is 0 Å². The summed E-state index contributed by atoms with van der Waals surface area (Å²) in [5.74, 6) is -1.10. The molecule has 0 aliphatic rings. The summed E-state index contributed by atoms with van der Waals surface area (Å²) in [6, 6.07) is 16.8. The standard InChI is InChI=1S/C24H18N4O10S2/c29-23(27-25-13-17-5-11-21(37-17)15-1-7-19(8-2-15)39(31,32)33)24(30)28-26-14-18-6-12-22(38-18)16-3-9-20(10-4-16)40(34,35)36/h1-14H,(H,27,29)(H,28,30)(H,31,32,33)(H,34,35,36)/b25-13-,26-14+. The van der Waals surface area contributed by atoms with Gasteiger partial charge in [-0.3, -0.25) is 18.7 Å². The van der Waals surface area contributed by atoms with Crippen LogP contribution in [0.2, 0.25) is 0 Å². The number of benzene rings is 2. The molecule has 2 amide bonds. The second kappa shape index (κ2) is 11.5. The monoisotopic (exact) mass is 586 g/mol. The van der Waals surface area contributed by atoms with Crippen molar-refractivity contribution >= 4 is 44.5 Å². The molecule has 0 unspecified atom stereocenters. The first-order valence-corrected chi connectivity index (χ1v) is 13.8. The first-order valence-electron chi connectivity index (χ1n) is 10.9. The van der Waals surface area contributed by atoms with Gasteiger partial charge in [-0.2, -0.15) is 27.0 Å². The number of nitrogens with zero attached hydrogens (tertiary/aromatic N) is 2. The van der Waals surface area contributed by atoms with Crippen LogP contribution in [0.15, 0.2) is 102 Å². The lowest BCUT2D eigenvalue weighted by Crippen LogP contribution is -2.35. The minimum Gasteiger partial charge on any atom is -0.455 e. The molecule has 0 bridgehead atoms. The van der Waals surface area contributed by atoms with Gasteiger partial charge in [0.05, 0.1) is 22.2 Å². The Balaban J connectivity index is 1.27. The lowest BCUT2D eigenvalue weighted by molar-refractivity contribution is -0.139. The zero-order chi connectivity index (χ0) is 28.9. The summed E-state index contributed by atoms with van der Waals surface area (Å²) in [5, 5.41) is 7.25. The average Bonchev–Trinajstić information content (AvgIpc) is 3.58. The van der Waals surface area contributed by atoms with E-state index in [0.29, 0.717) is 22.6 Å². The molecule has 16 heteroatoms. The molecule has 2 aromatic heterocycles. The lowest BCUT2D eigenvalue weighted by atomic mass is 10.2. The van der Waals surface area contributed by atoms with Crippen molar-refractivity contribution in [3.05, 3.63) is 84.3 Å². The van der Waals surface area contributed by atoms with Gasteiger partial charge in [0, 0.05) is 11.1 Å². The minimum absolute atomic E-state index is 0.217. The van der Waals surface area contributed by atoms with Gasteiger partial charge in [-0.1, -0.05) is 0 Å². The Labute approximate surface area is 226 Å². The van der Waals surface area contributed by atoms with E-state index in [1.54, 1.807) is 12.1 Å². The van der Waals surface area contributed by atoms with Crippen LogP contribution >= 0.6 is 0 Å². The second-order valence-electron chi connectivity index (χ2n) is 7.80. The summed E-state index contributed by atoms with van der Waals surface area (Å²) >= 11 is 0. The number of hydrogen-bond acceptors (Lipinski definition) is 10. The van der Waals surface area contributed by atoms with Gasteiger partial charge in [0.1, 0.15) is 23.0 Å². The highest BCUT2D eigenvalue weighted by Crippen LogP contribution is 2.24. The van der Waals surface area contributed by atoms with Crippen LogP contribution in [0.1, 0.15) is 11.5 Å². The average molecular weight is 587 g/mol. The van der Waals surface area contributed by atoms with E-state index in [1.807, 2.05) is 10.9 Å². The topological polar surface area (TPSA) is 218 Å². The molecule has 2 aromatic carbocycles. The van der Waals surface area contributed by atoms with Crippen LogP contribution in [0.25, 0.3) is 22.6 Å². The molecule has 4 N–H and O–H groups in total. The molecule has 14 nitrogen and oxygen atoms in total. The highest BCUT2D eigenvalue weighted by Gasteiger charge is 2.13. The second-order valence-corrected chi connectivity index (χ2v) is 10.6. The third kappa shape index (κ3) is 7.14. The fourth-order valence-electron chi connectivity index (χ4n) is 3.15. The number of carbonyl (C=O) groups is 2. The molecule has 2 heterocycles. The fourth-order valence-corrected chi connectivity index (χ4v) is 4.11. The molecule has 0 spiro atoms. The van der Waals surface area contributed by atoms with Gasteiger partial charge in [-0.25, -0.2) is 10.9 Å². The molecule has 0 fully saturated rings. The van der Waals surface area contributed by atoms with E-state index < -0.39 is 32.1 Å². The molecular formula is C24H18N4O10S2. The third-order valence-electron chi connectivity index (χ3n) is 5.05. The summed E-state index contributed by atoms with van der Waals surface area (Å²) in [6.07, 6.45) is 2.27. The summed E-state index contributed by atoms with van der Waals surface area (Å²) in [6.45, 7) is 0. The van der Waals surface area contributed by atoms with Crippen LogP contribution in [0.5, 0.6) is 0 Å². The smallest absolute Gasteiger partial charge is 0.331 e. The van der Waals surface area contributed by atoms with Gasteiger partial charge >= 0.3 is 11.8 Å². The summed E-state index contributed by atoms with van der Waals surface area (Å²) in [4.78, 5) is 23.3. The molecule has 0 saturated heterocycles. The van der Waals surface area contributed by atoms with E-state index >= 15 is 0 Å². The molecule has 0 aliphatic carbocycles. The van der Waals surface area contributed by atoms with Crippen LogP contribution in [0.3, 0.4) is 0 Å². The fraction of sp³-hybridized carbons (Fsp3) is 0. The predicted octanol–water partition coefficient (Wildman–Crippen LogP) is 2.30. The Hall–Kier alpha value is -4.90. The van der Waals surface area contributed by atoms with Gasteiger partial charge < -0.3 is 8.83 Å². The number of carbonyl (C=O) groups excluding carboxylic acids is 2. The van der Waals surface area contributed by atoms with Crippen molar-refractivity contribution in [2.24, 2.45) is 10.2 Å². The normalized spacial score (nSPS) is 12.2. The summed E-state index contributed by atoms with van der Waals surface area (Å²) in [5.41, 5.74) is 5.04. The largest absolute Gasteiger partial charge is 0.455 e. The van der Waals surface area contributed by atoms with Crippen molar-refractivity contribution in [2.75, 3.05) is 0 Å². The molecule has 40 heavy (non-hydrogen) atoms. The SMILES string of the molecule is O=C(N/N=C\c1ccc(-c2ccc(S(=O)(=O)O)cc2)o1)C(=O)N/N=C/c1ccc(-c2ccc(S(=O)(=O)O)cc2)o1. The van der Waals surface area contributed by atoms with E-state index in [-0.39, 0.29) is 21.3 Å². The van der Waals surface area contributed by atoms with Crippen molar-refractivity contribution < 1.29 is 44.4 Å². The zero-order valence-corrected chi connectivity index (χ0v) is 21.6. The maximum Gasteiger partial charge on any atom is 0.331 e. The Morgan fingerprint density at radius 1 is 0.600 bits per heavy atom. The molecule has 0 atom stereocenters. The van der Waals surface area contributed by atoms with Crippen molar-refractivity contribution in [1.82, 2.24) is 10.9 Å². The molecule has 206 valence electrons. The number of nitrogens with one attached hydrogen (secondary N) is 2. The number of hydrogen-bond donors (Lipinski definition) is 4. The van der Waals surface area contributed by atoms with Crippen LogP contribution in [-0.2, 0) is 29.8 Å². The van der Waals surface area contributed by atoms with Gasteiger partial charge in [0.25, 0.3) is 20.2 Å². The maximum atomic E-state index is 11.9. The van der Waals surface area contributed by atoms with Crippen molar-refractivity contribution in [3.8, 4) is 22.6 Å². The van der Waals surface area contributed by atoms with E-state index in [9.17, 15) is 26.4 Å². The first kappa shape index (κ1) is 28.1. The first-order chi connectivity index (χ1) is 18.9. The number of amides is 2. The van der Waals surface area contributed by atoms with Gasteiger partial charge in [-0.05, 0) is 72.8 Å². The zero-order valence-electron chi connectivity index (χ0n) is 20.0. The van der Waals surface area contributed by atoms with Gasteiger partial charge in [-0.15, -0.1) is 0 Å².